The van der Waals surface area contributed by atoms with Crippen molar-refractivity contribution in [1.82, 2.24) is 0 Å². The lowest BCUT2D eigenvalue weighted by molar-refractivity contribution is -0.385. The van der Waals surface area contributed by atoms with Crippen molar-refractivity contribution in [3.8, 4) is 11.5 Å². The van der Waals surface area contributed by atoms with Crippen LogP contribution in [0.25, 0.3) is 6.08 Å². The van der Waals surface area contributed by atoms with E-state index < -0.39 is 4.92 Å². The van der Waals surface area contributed by atoms with Gasteiger partial charge in [0.05, 0.1) is 33.5 Å². The summed E-state index contributed by atoms with van der Waals surface area (Å²) in [7, 11) is 0. The van der Waals surface area contributed by atoms with Crippen LogP contribution in [-0.2, 0) is 4.79 Å². The van der Waals surface area contributed by atoms with E-state index in [0.29, 0.717) is 28.5 Å². The number of fused-ring (bicyclic) bond motifs is 1. The summed E-state index contributed by atoms with van der Waals surface area (Å²) in [5.41, 5.74) is 3.67. The molecule has 8 heteroatoms. The molecule has 0 N–H and O–H groups in total. The van der Waals surface area contributed by atoms with Crippen LogP contribution in [0.15, 0.2) is 41.0 Å². The van der Waals surface area contributed by atoms with Crippen LogP contribution < -0.4 is 14.5 Å². The molecule has 4 rings (SSSR count). The van der Waals surface area contributed by atoms with Crippen molar-refractivity contribution >= 4 is 29.1 Å². The molecule has 2 aliphatic rings. The molecule has 0 aliphatic carbocycles. The molecule has 0 unspecified atom stereocenters. The smallest absolute Gasteiger partial charge is 0.280 e. The number of aryl methyl sites for hydroxylation is 2. The van der Waals surface area contributed by atoms with Gasteiger partial charge in [0.2, 0.25) is 6.79 Å². The van der Waals surface area contributed by atoms with E-state index in [-0.39, 0.29) is 24.0 Å². The van der Waals surface area contributed by atoms with Gasteiger partial charge < -0.3 is 9.47 Å². The lowest BCUT2D eigenvalue weighted by atomic mass is 10.0. The number of hydrazone groups is 1. The minimum Gasteiger partial charge on any atom is -0.454 e. The first-order valence-corrected chi connectivity index (χ1v) is 8.62. The number of nitrogens with zero attached hydrogens (tertiary/aromatic N) is 3. The molecule has 2 heterocycles. The SMILES string of the molecule is CC1=NN(c2ccc(C)c(C)c2)C(=O)/C1=C\c1cc2c(cc1[N+](=O)[O-])OCO2. The van der Waals surface area contributed by atoms with Crippen molar-refractivity contribution in [2.75, 3.05) is 11.8 Å². The molecule has 0 fully saturated rings. The number of anilines is 1. The number of nitro groups is 1. The van der Waals surface area contributed by atoms with Crippen LogP contribution in [0.4, 0.5) is 11.4 Å². The summed E-state index contributed by atoms with van der Waals surface area (Å²) in [4.78, 5) is 23.9. The molecule has 0 bridgehead atoms. The lowest BCUT2D eigenvalue weighted by Gasteiger charge is -2.13. The Morgan fingerprint density at radius 3 is 2.50 bits per heavy atom. The van der Waals surface area contributed by atoms with Crippen LogP contribution in [0, 0.1) is 24.0 Å². The van der Waals surface area contributed by atoms with Crippen molar-refractivity contribution in [3.63, 3.8) is 0 Å². The molecule has 0 aromatic heterocycles. The number of carbonyl (C=O) groups excluding carboxylic acids is 1. The maximum absolute atomic E-state index is 12.9. The van der Waals surface area contributed by atoms with Gasteiger partial charge in [0.15, 0.2) is 11.5 Å². The maximum atomic E-state index is 12.9. The number of benzene rings is 2. The number of hydrogen-bond donors (Lipinski definition) is 0. The normalized spacial score (nSPS) is 16.7. The molecule has 142 valence electrons. The molecule has 0 saturated carbocycles. The van der Waals surface area contributed by atoms with Crippen LogP contribution in [0.1, 0.15) is 23.6 Å². The number of ether oxygens (including phenoxy) is 2. The Bertz CT molecular complexity index is 1090. The second-order valence-electron chi connectivity index (χ2n) is 6.65. The molecular weight excluding hydrogens is 362 g/mol. The highest BCUT2D eigenvalue weighted by atomic mass is 16.7. The van der Waals surface area contributed by atoms with Crippen molar-refractivity contribution in [3.05, 3.63) is 62.7 Å². The molecule has 0 saturated heterocycles. The Hall–Kier alpha value is -3.68. The van der Waals surface area contributed by atoms with E-state index in [1.54, 1.807) is 6.92 Å². The third kappa shape index (κ3) is 2.88. The third-order valence-electron chi connectivity index (χ3n) is 4.82. The highest BCUT2D eigenvalue weighted by Crippen LogP contribution is 2.39. The van der Waals surface area contributed by atoms with E-state index in [9.17, 15) is 14.9 Å². The first-order valence-electron chi connectivity index (χ1n) is 8.62. The number of hydrogen-bond acceptors (Lipinski definition) is 6. The molecule has 28 heavy (non-hydrogen) atoms. The van der Waals surface area contributed by atoms with Crippen LogP contribution in [0.2, 0.25) is 0 Å². The van der Waals surface area contributed by atoms with E-state index >= 15 is 0 Å². The standard InChI is InChI=1S/C20H17N3O5/c1-11-4-5-15(6-12(11)2)22-20(24)16(13(3)21-22)7-14-8-18-19(28-10-27-18)9-17(14)23(25)26/h4-9H,10H2,1-3H3/b16-7-. The van der Waals surface area contributed by atoms with Crippen LogP contribution in [0.5, 0.6) is 11.5 Å². The molecular formula is C20H17N3O5. The summed E-state index contributed by atoms with van der Waals surface area (Å²) in [6.45, 7) is 5.66. The van der Waals surface area contributed by atoms with E-state index in [1.165, 1.54) is 23.2 Å². The van der Waals surface area contributed by atoms with Gasteiger partial charge in [-0.2, -0.15) is 10.1 Å². The van der Waals surface area contributed by atoms with Gasteiger partial charge in [-0.15, -0.1) is 0 Å². The maximum Gasteiger partial charge on any atom is 0.280 e. The van der Waals surface area contributed by atoms with Crippen molar-refractivity contribution in [2.24, 2.45) is 5.10 Å². The molecule has 8 nitrogen and oxygen atoms in total. The average molecular weight is 379 g/mol. The van der Waals surface area contributed by atoms with Crippen molar-refractivity contribution in [1.29, 1.82) is 0 Å². The first kappa shape index (κ1) is 17.7. The van der Waals surface area contributed by atoms with Gasteiger partial charge in [-0.3, -0.25) is 14.9 Å². The monoisotopic (exact) mass is 379 g/mol. The largest absolute Gasteiger partial charge is 0.454 e. The zero-order valence-corrected chi connectivity index (χ0v) is 15.6. The van der Waals surface area contributed by atoms with Crippen LogP contribution in [-0.4, -0.2) is 23.3 Å². The molecule has 2 aliphatic heterocycles. The second kappa shape index (κ2) is 6.49. The number of carbonyl (C=O) groups is 1. The van der Waals surface area contributed by atoms with Gasteiger partial charge in [0.25, 0.3) is 11.6 Å². The fraction of sp³-hybridized carbons (Fsp3) is 0.200. The third-order valence-corrected chi connectivity index (χ3v) is 4.82. The van der Waals surface area contributed by atoms with Crippen LogP contribution in [0.3, 0.4) is 0 Å². The van der Waals surface area contributed by atoms with E-state index in [1.807, 2.05) is 32.0 Å². The quantitative estimate of drug-likeness (QED) is 0.460. The number of rotatable bonds is 3. The van der Waals surface area contributed by atoms with Gasteiger partial charge in [-0.05, 0) is 56.2 Å². The predicted octanol–water partition coefficient (Wildman–Crippen LogP) is 3.75. The highest BCUT2D eigenvalue weighted by molar-refractivity contribution is 6.32. The number of nitro benzene ring substituents is 1. The van der Waals surface area contributed by atoms with E-state index in [2.05, 4.69) is 5.10 Å². The highest BCUT2D eigenvalue weighted by Gasteiger charge is 2.30. The zero-order valence-electron chi connectivity index (χ0n) is 15.6. The lowest BCUT2D eigenvalue weighted by Crippen LogP contribution is -2.21. The summed E-state index contributed by atoms with van der Waals surface area (Å²) in [5, 5.41) is 17.1. The minimum atomic E-state index is -0.513. The fourth-order valence-electron chi connectivity index (χ4n) is 3.09. The molecule has 0 atom stereocenters. The number of amides is 1. The van der Waals surface area contributed by atoms with Gasteiger partial charge in [0, 0.05) is 0 Å². The van der Waals surface area contributed by atoms with E-state index in [0.717, 1.165) is 11.1 Å². The Kier molecular flexibility index (Phi) is 4.11. The minimum absolute atomic E-state index is 0.00643. The Balaban J connectivity index is 1.75. The second-order valence-corrected chi connectivity index (χ2v) is 6.65. The fourth-order valence-corrected chi connectivity index (χ4v) is 3.09. The van der Waals surface area contributed by atoms with Crippen molar-refractivity contribution < 1.29 is 19.2 Å². The van der Waals surface area contributed by atoms with Crippen molar-refractivity contribution in [2.45, 2.75) is 20.8 Å². The molecule has 1 amide bonds. The zero-order chi connectivity index (χ0) is 20.0. The van der Waals surface area contributed by atoms with Gasteiger partial charge in [-0.1, -0.05) is 6.07 Å². The Morgan fingerprint density at radius 2 is 1.82 bits per heavy atom. The van der Waals surface area contributed by atoms with Gasteiger partial charge in [-0.25, -0.2) is 0 Å². The predicted molar refractivity (Wildman–Crippen MR) is 104 cm³/mol. The Morgan fingerprint density at radius 1 is 1.11 bits per heavy atom. The van der Waals surface area contributed by atoms with Gasteiger partial charge in [0.1, 0.15) is 0 Å². The summed E-state index contributed by atoms with van der Waals surface area (Å²) >= 11 is 0. The summed E-state index contributed by atoms with van der Waals surface area (Å²) in [6, 6.07) is 8.45. The summed E-state index contributed by atoms with van der Waals surface area (Å²) in [6.07, 6.45) is 1.47. The summed E-state index contributed by atoms with van der Waals surface area (Å²) in [5.74, 6) is 0.380. The topological polar surface area (TPSA) is 94.3 Å². The molecule has 2 aromatic rings. The van der Waals surface area contributed by atoms with Gasteiger partial charge >= 0.3 is 0 Å². The summed E-state index contributed by atoms with van der Waals surface area (Å²) < 4.78 is 10.5. The molecule has 2 aromatic carbocycles. The van der Waals surface area contributed by atoms with Crippen LogP contribution >= 0.6 is 0 Å². The molecule has 0 radical (unpaired) electrons. The average Bonchev–Trinajstić information content (AvgIpc) is 3.22. The first-order chi connectivity index (χ1) is 13.3. The Labute approximate surface area is 160 Å². The van der Waals surface area contributed by atoms with E-state index in [4.69, 9.17) is 9.47 Å². The molecule has 0 spiro atoms.